The van der Waals surface area contributed by atoms with Crippen LogP contribution in [0.15, 0.2) is 84.9 Å². The predicted octanol–water partition coefficient (Wildman–Crippen LogP) is 5.33. The van der Waals surface area contributed by atoms with Crippen LogP contribution >= 0.6 is 0 Å². The van der Waals surface area contributed by atoms with E-state index in [1.165, 1.54) is 0 Å². The summed E-state index contributed by atoms with van der Waals surface area (Å²) in [5, 5.41) is 0. The summed E-state index contributed by atoms with van der Waals surface area (Å²) < 4.78 is 11.2. The number of carbonyl (C=O) groups excluding carboxylic acids is 1. The summed E-state index contributed by atoms with van der Waals surface area (Å²) in [7, 11) is 0. The maximum atomic E-state index is 11.9. The monoisotopic (exact) mass is 360 g/mol. The molecule has 0 spiro atoms. The van der Waals surface area contributed by atoms with E-state index in [9.17, 15) is 4.79 Å². The van der Waals surface area contributed by atoms with Crippen LogP contribution in [-0.2, 0) is 29.2 Å². The molecule has 0 amide bonds. The predicted molar refractivity (Wildman–Crippen MR) is 106 cm³/mol. The number of aryl methyl sites for hydroxylation is 1. The average molecular weight is 360 g/mol. The zero-order valence-corrected chi connectivity index (χ0v) is 15.3. The first-order valence-corrected chi connectivity index (χ1v) is 9.25. The molecule has 0 N–H and O–H groups in total. The molecule has 0 unspecified atom stereocenters. The molecule has 0 aliphatic heterocycles. The maximum Gasteiger partial charge on any atom is 0.306 e. The molecule has 0 fully saturated rings. The van der Waals surface area contributed by atoms with Gasteiger partial charge in [0, 0.05) is 6.42 Å². The van der Waals surface area contributed by atoms with E-state index in [1.807, 2.05) is 78.9 Å². The van der Waals surface area contributed by atoms with E-state index in [2.05, 4.69) is 6.07 Å². The van der Waals surface area contributed by atoms with Crippen LogP contribution in [0.1, 0.15) is 29.5 Å². The summed E-state index contributed by atoms with van der Waals surface area (Å²) in [5.74, 6) is 0.693. The van der Waals surface area contributed by atoms with Gasteiger partial charge in [-0.15, -0.1) is 0 Å². The smallest absolute Gasteiger partial charge is 0.306 e. The Labute approximate surface area is 160 Å². The number of hydrogen-bond acceptors (Lipinski definition) is 3. The first-order valence-electron chi connectivity index (χ1n) is 9.25. The van der Waals surface area contributed by atoms with Crippen LogP contribution in [0.25, 0.3) is 0 Å². The third kappa shape index (κ3) is 6.63. The Bertz CT molecular complexity index is 829. The van der Waals surface area contributed by atoms with Gasteiger partial charge in [0.15, 0.2) is 0 Å². The summed E-state index contributed by atoms with van der Waals surface area (Å²) in [6.07, 6.45) is 2.00. The van der Waals surface area contributed by atoms with E-state index >= 15 is 0 Å². The van der Waals surface area contributed by atoms with E-state index in [0.717, 1.165) is 35.3 Å². The quantitative estimate of drug-likeness (QED) is 0.484. The van der Waals surface area contributed by atoms with Gasteiger partial charge in [-0.25, -0.2) is 0 Å². The van der Waals surface area contributed by atoms with E-state index in [0.29, 0.717) is 19.6 Å². The molecule has 138 valence electrons. The van der Waals surface area contributed by atoms with Crippen LogP contribution in [0.5, 0.6) is 5.75 Å². The van der Waals surface area contributed by atoms with Gasteiger partial charge >= 0.3 is 5.97 Å². The molecule has 0 heterocycles. The zero-order valence-electron chi connectivity index (χ0n) is 15.3. The number of hydrogen-bond donors (Lipinski definition) is 0. The highest BCUT2D eigenvalue weighted by Crippen LogP contribution is 2.17. The number of ether oxygens (including phenoxy) is 2. The fourth-order valence-electron chi connectivity index (χ4n) is 2.78. The van der Waals surface area contributed by atoms with Gasteiger partial charge in [0.1, 0.15) is 19.0 Å². The van der Waals surface area contributed by atoms with Gasteiger partial charge in [-0.05, 0) is 41.7 Å². The molecule has 3 heteroatoms. The molecule has 3 aromatic rings. The minimum Gasteiger partial charge on any atom is -0.489 e. The average Bonchev–Trinajstić information content (AvgIpc) is 2.73. The van der Waals surface area contributed by atoms with Crippen LogP contribution in [0.3, 0.4) is 0 Å². The molecule has 0 atom stereocenters. The fourth-order valence-corrected chi connectivity index (χ4v) is 2.78. The summed E-state index contributed by atoms with van der Waals surface area (Å²) in [6, 6.07) is 27.9. The Kier molecular flexibility index (Phi) is 7.05. The summed E-state index contributed by atoms with van der Waals surface area (Å²) in [6.45, 7) is 0.887. The Hall–Kier alpha value is -3.07. The van der Waals surface area contributed by atoms with Crippen molar-refractivity contribution in [2.75, 3.05) is 0 Å². The van der Waals surface area contributed by atoms with E-state index in [-0.39, 0.29) is 5.97 Å². The van der Waals surface area contributed by atoms with Crippen molar-refractivity contribution in [3.63, 3.8) is 0 Å². The number of rotatable bonds is 9. The highest BCUT2D eigenvalue weighted by Gasteiger charge is 2.05. The molecule has 3 nitrogen and oxygen atoms in total. The molecule has 0 aliphatic carbocycles. The molecule has 0 aromatic heterocycles. The van der Waals surface area contributed by atoms with Gasteiger partial charge in [-0.3, -0.25) is 4.79 Å². The SMILES string of the molecule is O=C(CCCc1cccc(OCc2ccccc2)c1)OCc1ccccc1. The van der Waals surface area contributed by atoms with Crippen molar-refractivity contribution in [1.29, 1.82) is 0 Å². The van der Waals surface area contributed by atoms with Crippen molar-refractivity contribution < 1.29 is 14.3 Å². The molecule has 0 saturated carbocycles. The molecule has 0 bridgehead atoms. The van der Waals surface area contributed by atoms with Gasteiger partial charge in [-0.2, -0.15) is 0 Å². The molecule has 0 saturated heterocycles. The Morgan fingerprint density at radius 3 is 2.04 bits per heavy atom. The van der Waals surface area contributed by atoms with Crippen LogP contribution in [0, 0.1) is 0 Å². The lowest BCUT2D eigenvalue weighted by Gasteiger charge is -2.08. The summed E-state index contributed by atoms with van der Waals surface area (Å²) in [4.78, 5) is 11.9. The number of carbonyl (C=O) groups is 1. The number of esters is 1. The van der Waals surface area contributed by atoms with Gasteiger partial charge in [0.05, 0.1) is 0 Å². The van der Waals surface area contributed by atoms with Gasteiger partial charge in [0.25, 0.3) is 0 Å². The van der Waals surface area contributed by atoms with Crippen molar-refractivity contribution >= 4 is 5.97 Å². The van der Waals surface area contributed by atoms with Gasteiger partial charge in [-0.1, -0.05) is 72.8 Å². The second kappa shape index (κ2) is 10.2. The van der Waals surface area contributed by atoms with Gasteiger partial charge < -0.3 is 9.47 Å². The first kappa shape index (κ1) is 18.7. The van der Waals surface area contributed by atoms with Crippen molar-refractivity contribution in [3.05, 3.63) is 102 Å². The van der Waals surface area contributed by atoms with Crippen LogP contribution in [0.2, 0.25) is 0 Å². The van der Waals surface area contributed by atoms with E-state index in [4.69, 9.17) is 9.47 Å². The van der Waals surface area contributed by atoms with Crippen LogP contribution in [-0.4, -0.2) is 5.97 Å². The normalized spacial score (nSPS) is 10.4. The van der Waals surface area contributed by atoms with Crippen LogP contribution < -0.4 is 4.74 Å². The Balaban J connectivity index is 1.39. The zero-order chi connectivity index (χ0) is 18.7. The fraction of sp³-hybridized carbons (Fsp3) is 0.208. The molecule has 27 heavy (non-hydrogen) atoms. The molecule has 3 rings (SSSR count). The third-order valence-electron chi connectivity index (χ3n) is 4.24. The summed E-state index contributed by atoms with van der Waals surface area (Å²) in [5.41, 5.74) is 3.31. The molecule has 0 radical (unpaired) electrons. The standard InChI is InChI=1S/C24H24O3/c25-24(27-19-22-11-5-2-6-12-22)16-8-14-20-13-7-15-23(17-20)26-18-21-9-3-1-4-10-21/h1-7,9-13,15,17H,8,14,16,18-19H2. The minimum absolute atomic E-state index is 0.157. The van der Waals surface area contributed by atoms with E-state index < -0.39 is 0 Å². The summed E-state index contributed by atoms with van der Waals surface area (Å²) >= 11 is 0. The molecule has 3 aromatic carbocycles. The van der Waals surface area contributed by atoms with E-state index in [1.54, 1.807) is 0 Å². The Morgan fingerprint density at radius 2 is 1.33 bits per heavy atom. The lowest BCUT2D eigenvalue weighted by molar-refractivity contribution is -0.145. The minimum atomic E-state index is -0.157. The Morgan fingerprint density at radius 1 is 0.704 bits per heavy atom. The second-order valence-electron chi connectivity index (χ2n) is 6.42. The van der Waals surface area contributed by atoms with Crippen molar-refractivity contribution in [2.24, 2.45) is 0 Å². The third-order valence-corrected chi connectivity index (χ3v) is 4.24. The lowest BCUT2D eigenvalue weighted by Crippen LogP contribution is -2.05. The molecular formula is C24H24O3. The molecule has 0 aliphatic rings. The topological polar surface area (TPSA) is 35.5 Å². The maximum absolute atomic E-state index is 11.9. The highest BCUT2D eigenvalue weighted by molar-refractivity contribution is 5.69. The second-order valence-corrected chi connectivity index (χ2v) is 6.42. The van der Waals surface area contributed by atoms with Gasteiger partial charge in [0.2, 0.25) is 0 Å². The van der Waals surface area contributed by atoms with Crippen molar-refractivity contribution in [2.45, 2.75) is 32.5 Å². The highest BCUT2D eigenvalue weighted by atomic mass is 16.5. The molecular weight excluding hydrogens is 336 g/mol. The first-order chi connectivity index (χ1) is 13.3. The number of benzene rings is 3. The lowest BCUT2D eigenvalue weighted by atomic mass is 10.1. The largest absolute Gasteiger partial charge is 0.489 e. The van der Waals surface area contributed by atoms with Crippen molar-refractivity contribution in [1.82, 2.24) is 0 Å². The van der Waals surface area contributed by atoms with Crippen molar-refractivity contribution in [3.8, 4) is 5.75 Å². The van der Waals surface area contributed by atoms with Crippen LogP contribution in [0.4, 0.5) is 0 Å².